The largest absolute Gasteiger partial charge is 0.399 e. The normalized spacial score (nSPS) is 15.2. The molecule has 1 aliphatic rings. The quantitative estimate of drug-likeness (QED) is 0.757. The third kappa shape index (κ3) is 3.75. The van der Waals surface area contributed by atoms with Crippen molar-refractivity contribution in [3.63, 3.8) is 0 Å². The Bertz CT molecular complexity index is 710. The van der Waals surface area contributed by atoms with Crippen molar-refractivity contribution in [2.75, 3.05) is 12.3 Å². The van der Waals surface area contributed by atoms with E-state index in [0.29, 0.717) is 19.4 Å². The topological polar surface area (TPSA) is 55.1 Å². The number of nitrogens with one attached hydrogen (secondary N) is 1. The molecule has 3 nitrogen and oxygen atoms in total. The van der Waals surface area contributed by atoms with Crippen LogP contribution in [0.1, 0.15) is 30.4 Å². The van der Waals surface area contributed by atoms with Gasteiger partial charge in [0.05, 0.1) is 0 Å². The van der Waals surface area contributed by atoms with Gasteiger partial charge in [0.15, 0.2) is 0 Å². The molecule has 0 spiro atoms. The van der Waals surface area contributed by atoms with Gasteiger partial charge in [-0.15, -0.1) is 0 Å². The highest BCUT2D eigenvalue weighted by Crippen LogP contribution is 2.49. The Labute approximate surface area is 145 Å². The smallest absolute Gasteiger partial charge is 0.220 e. The number of anilines is 1. The summed E-state index contributed by atoms with van der Waals surface area (Å²) in [6.45, 7) is 0.707. The van der Waals surface area contributed by atoms with Gasteiger partial charge >= 0.3 is 0 Å². The van der Waals surface area contributed by atoms with E-state index in [1.807, 2.05) is 30.3 Å². The average molecular weight is 373 g/mol. The van der Waals surface area contributed by atoms with Crippen molar-refractivity contribution in [2.24, 2.45) is 0 Å². The van der Waals surface area contributed by atoms with Crippen LogP contribution in [0.5, 0.6) is 0 Å². The van der Waals surface area contributed by atoms with Crippen molar-refractivity contribution in [3.05, 3.63) is 64.1 Å². The van der Waals surface area contributed by atoms with Gasteiger partial charge in [-0.3, -0.25) is 4.79 Å². The maximum atomic E-state index is 12.2. The number of benzene rings is 2. The number of nitrogen functional groups attached to an aromatic ring is 1. The highest BCUT2D eigenvalue weighted by atomic mass is 79.9. The fourth-order valence-corrected chi connectivity index (χ4v) is 3.66. The molecule has 3 rings (SSSR count). The lowest BCUT2D eigenvalue weighted by atomic mass is 9.96. The van der Waals surface area contributed by atoms with Gasteiger partial charge in [0.2, 0.25) is 5.91 Å². The Kier molecular flexibility index (Phi) is 4.71. The van der Waals surface area contributed by atoms with E-state index >= 15 is 0 Å². The molecule has 4 heteroatoms. The number of halogens is 1. The first-order valence-electron chi connectivity index (χ1n) is 7.96. The number of carbonyl (C=O) groups is 1. The lowest BCUT2D eigenvalue weighted by molar-refractivity contribution is -0.121. The number of rotatable bonds is 6. The maximum absolute atomic E-state index is 12.2. The molecule has 0 bridgehead atoms. The van der Waals surface area contributed by atoms with Crippen molar-refractivity contribution < 1.29 is 4.79 Å². The lowest BCUT2D eigenvalue weighted by Crippen LogP contribution is -2.32. The van der Waals surface area contributed by atoms with Gasteiger partial charge in [-0.2, -0.15) is 0 Å². The van der Waals surface area contributed by atoms with E-state index in [1.54, 1.807) is 0 Å². The zero-order valence-corrected chi connectivity index (χ0v) is 14.6. The second-order valence-electron chi connectivity index (χ2n) is 6.24. The molecule has 120 valence electrons. The third-order valence-corrected chi connectivity index (χ3v) is 5.29. The first kappa shape index (κ1) is 16.1. The van der Waals surface area contributed by atoms with Gasteiger partial charge in [0, 0.05) is 28.5 Å². The average Bonchev–Trinajstić information content (AvgIpc) is 3.34. The molecular formula is C19H21BrN2O. The number of aryl methyl sites for hydroxylation is 1. The second-order valence-corrected chi connectivity index (χ2v) is 7.09. The fourth-order valence-electron chi connectivity index (χ4n) is 2.95. The Morgan fingerprint density at radius 1 is 1.13 bits per heavy atom. The van der Waals surface area contributed by atoms with Gasteiger partial charge in [0.25, 0.3) is 0 Å². The predicted molar refractivity (Wildman–Crippen MR) is 97.2 cm³/mol. The van der Waals surface area contributed by atoms with E-state index in [-0.39, 0.29) is 11.3 Å². The molecule has 0 heterocycles. The van der Waals surface area contributed by atoms with Crippen LogP contribution in [0.3, 0.4) is 0 Å². The van der Waals surface area contributed by atoms with Crippen LogP contribution in [0.4, 0.5) is 5.69 Å². The fraction of sp³-hybridized carbons (Fsp3) is 0.316. The first-order chi connectivity index (χ1) is 11.1. The molecule has 0 aliphatic heterocycles. The van der Waals surface area contributed by atoms with Crippen molar-refractivity contribution in [3.8, 4) is 0 Å². The Balaban J connectivity index is 1.54. The number of amides is 1. The molecular weight excluding hydrogens is 352 g/mol. The van der Waals surface area contributed by atoms with E-state index in [9.17, 15) is 4.79 Å². The van der Waals surface area contributed by atoms with Crippen LogP contribution in [0, 0.1) is 0 Å². The molecule has 1 amide bonds. The number of hydrogen-bond donors (Lipinski definition) is 2. The van der Waals surface area contributed by atoms with Gasteiger partial charge in [-0.05, 0) is 42.5 Å². The molecule has 1 fully saturated rings. The van der Waals surface area contributed by atoms with Gasteiger partial charge in [-0.1, -0.05) is 52.3 Å². The minimum atomic E-state index is 0.0894. The monoisotopic (exact) mass is 372 g/mol. The zero-order valence-electron chi connectivity index (χ0n) is 13.0. The molecule has 0 unspecified atom stereocenters. The third-order valence-electron chi connectivity index (χ3n) is 4.60. The zero-order chi connectivity index (χ0) is 16.3. The van der Waals surface area contributed by atoms with Crippen molar-refractivity contribution >= 4 is 27.5 Å². The molecule has 3 N–H and O–H groups in total. The van der Waals surface area contributed by atoms with Crippen LogP contribution in [-0.4, -0.2) is 12.5 Å². The Hall–Kier alpha value is -1.81. The summed E-state index contributed by atoms with van der Waals surface area (Å²) in [5.74, 6) is 0.0894. The predicted octanol–water partition coefficient (Wildman–Crippen LogP) is 3.81. The summed E-state index contributed by atoms with van der Waals surface area (Å²) < 4.78 is 1.13. The number of para-hydroxylation sites is 1. The van der Waals surface area contributed by atoms with Gasteiger partial charge < -0.3 is 11.1 Å². The minimum Gasteiger partial charge on any atom is -0.399 e. The number of hydrogen-bond acceptors (Lipinski definition) is 2. The molecule has 0 radical (unpaired) electrons. The second kappa shape index (κ2) is 6.75. The molecule has 0 saturated heterocycles. The summed E-state index contributed by atoms with van der Waals surface area (Å²) in [4.78, 5) is 12.2. The van der Waals surface area contributed by atoms with Crippen molar-refractivity contribution in [2.45, 2.75) is 31.1 Å². The molecule has 0 atom stereocenters. The summed E-state index contributed by atoms with van der Waals surface area (Å²) in [5.41, 5.74) is 9.12. The van der Waals surface area contributed by atoms with Gasteiger partial charge in [0.1, 0.15) is 0 Å². The number of nitrogens with two attached hydrogens (primary N) is 1. The SMILES string of the molecule is Nc1ccccc1CCC(=O)NCC1(c2ccccc2Br)CC1. The molecule has 2 aromatic carbocycles. The Morgan fingerprint density at radius 3 is 2.52 bits per heavy atom. The van der Waals surface area contributed by atoms with Crippen molar-refractivity contribution in [1.82, 2.24) is 5.32 Å². The summed E-state index contributed by atoms with van der Waals surface area (Å²) in [5, 5.41) is 3.10. The lowest BCUT2D eigenvalue weighted by Gasteiger charge is -2.18. The van der Waals surface area contributed by atoms with Crippen LogP contribution in [0.15, 0.2) is 53.0 Å². The van der Waals surface area contributed by atoms with Crippen molar-refractivity contribution in [1.29, 1.82) is 0 Å². The summed E-state index contributed by atoms with van der Waals surface area (Å²) in [6, 6.07) is 16.0. The van der Waals surface area contributed by atoms with E-state index < -0.39 is 0 Å². The summed E-state index contributed by atoms with van der Waals surface area (Å²) in [6.07, 6.45) is 3.41. The highest BCUT2D eigenvalue weighted by Gasteiger charge is 2.45. The number of carbonyl (C=O) groups excluding carboxylic acids is 1. The van der Waals surface area contributed by atoms with Crippen LogP contribution < -0.4 is 11.1 Å². The van der Waals surface area contributed by atoms with Crippen LogP contribution in [0.2, 0.25) is 0 Å². The van der Waals surface area contributed by atoms with E-state index in [1.165, 1.54) is 5.56 Å². The van der Waals surface area contributed by atoms with Gasteiger partial charge in [-0.25, -0.2) is 0 Å². The highest BCUT2D eigenvalue weighted by molar-refractivity contribution is 9.10. The van der Waals surface area contributed by atoms with Crippen LogP contribution in [0.25, 0.3) is 0 Å². The molecule has 2 aromatic rings. The summed E-state index contributed by atoms with van der Waals surface area (Å²) in [7, 11) is 0. The molecule has 23 heavy (non-hydrogen) atoms. The molecule has 0 aromatic heterocycles. The molecule has 1 saturated carbocycles. The van der Waals surface area contributed by atoms with E-state index in [2.05, 4.69) is 39.4 Å². The summed E-state index contributed by atoms with van der Waals surface area (Å²) >= 11 is 3.62. The molecule has 1 aliphatic carbocycles. The van der Waals surface area contributed by atoms with Crippen LogP contribution >= 0.6 is 15.9 Å². The Morgan fingerprint density at radius 2 is 1.83 bits per heavy atom. The van der Waals surface area contributed by atoms with E-state index in [4.69, 9.17) is 5.73 Å². The van der Waals surface area contributed by atoms with E-state index in [0.717, 1.165) is 28.6 Å². The minimum absolute atomic E-state index is 0.0894. The standard InChI is InChI=1S/C19H21BrN2O/c20-16-7-3-2-6-15(16)19(11-12-19)13-22-18(23)10-9-14-5-1-4-8-17(14)21/h1-8H,9-13,21H2,(H,22,23). The maximum Gasteiger partial charge on any atom is 0.220 e. The first-order valence-corrected chi connectivity index (χ1v) is 8.75. The van der Waals surface area contributed by atoms with Crippen LogP contribution in [-0.2, 0) is 16.6 Å².